The van der Waals surface area contributed by atoms with Gasteiger partial charge in [-0.15, -0.1) is 6.58 Å². The number of cyclic esters (lactones) is 1. The minimum atomic E-state index is -1.03. The molecule has 0 bridgehead atoms. The van der Waals surface area contributed by atoms with Gasteiger partial charge in [0.15, 0.2) is 6.79 Å². The van der Waals surface area contributed by atoms with E-state index in [0.717, 1.165) is 10.5 Å². The lowest BCUT2D eigenvalue weighted by Crippen LogP contribution is -2.48. The molecule has 0 spiro atoms. The van der Waals surface area contributed by atoms with Gasteiger partial charge in [-0.05, 0) is 11.5 Å². The molecule has 0 aliphatic carbocycles. The Bertz CT molecular complexity index is 765. The highest BCUT2D eigenvalue weighted by Crippen LogP contribution is 2.24. The molecule has 32 heavy (non-hydrogen) atoms. The number of benzene rings is 1. The van der Waals surface area contributed by atoms with Gasteiger partial charge < -0.3 is 23.7 Å². The topological polar surface area (TPSA) is 83.5 Å². The van der Waals surface area contributed by atoms with Crippen LogP contribution in [0.1, 0.15) is 25.8 Å². The van der Waals surface area contributed by atoms with Gasteiger partial charge in [-0.3, -0.25) is 4.79 Å². The van der Waals surface area contributed by atoms with Crippen molar-refractivity contribution in [2.75, 3.05) is 27.1 Å². The highest BCUT2D eigenvalue weighted by atomic mass is 16.7. The molecular weight excluding hydrogens is 414 g/mol. The summed E-state index contributed by atoms with van der Waals surface area (Å²) in [6, 6.07) is 9.34. The number of rotatable bonds is 14. The largest absolute Gasteiger partial charge is 0.472 e. The van der Waals surface area contributed by atoms with Crippen LogP contribution in [-0.4, -0.2) is 62.3 Å². The fourth-order valence-electron chi connectivity index (χ4n) is 3.18. The number of hydrogen-bond donors (Lipinski definition) is 0. The van der Waals surface area contributed by atoms with E-state index in [9.17, 15) is 9.59 Å². The van der Waals surface area contributed by atoms with Crippen molar-refractivity contribution in [3.63, 3.8) is 0 Å². The van der Waals surface area contributed by atoms with Gasteiger partial charge in [0.05, 0.1) is 31.1 Å². The summed E-state index contributed by atoms with van der Waals surface area (Å²) in [5.74, 6) is -0.182. The summed E-state index contributed by atoms with van der Waals surface area (Å²) in [5, 5.41) is 0. The second kappa shape index (κ2) is 13.0. The van der Waals surface area contributed by atoms with Crippen LogP contribution < -0.4 is 0 Å². The molecule has 1 aromatic rings. The molecule has 1 saturated heterocycles. The van der Waals surface area contributed by atoms with Crippen LogP contribution in [-0.2, 0) is 35.1 Å². The van der Waals surface area contributed by atoms with Gasteiger partial charge in [0, 0.05) is 13.5 Å². The average molecular weight is 448 g/mol. The lowest BCUT2D eigenvalue weighted by Gasteiger charge is -2.29. The monoisotopic (exact) mass is 447 g/mol. The van der Waals surface area contributed by atoms with Crippen molar-refractivity contribution >= 4 is 12.0 Å². The van der Waals surface area contributed by atoms with E-state index in [2.05, 4.69) is 13.2 Å². The van der Waals surface area contributed by atoms with Crippen LogP contribution in [0.2, 0.25) is 0 Å². The molecule has 1 fully saturated rings. The zero-order valence-corrected chi connectivity index (χ0v) is 19.0. The summed E-state index contributed by atoms with van der Waals surface area (Å²) in [5.41, 5.74) is 1.02. The van der Waals surface area contributed by atoms with Gasteiger partial charge in [0.2, 0.25) is 0 Å². The first-order chi connectivity index (χ1) is 15.4. The summed E-state index contributed by atoms with van der Waals surface area (Å²) in [4.78, 5) is 26.7. The number of imide groups is 1. The predicted octanol–water partition coefficient (Wildman–Crippen LogP) is 3.67. The van der Waals surface area contributed by atoms with E-state index in [-0.39, 0.29) is 38.4 Å². The third-order valence-electron chi connectivity index (χ3n) is 4.98. The Morgan fingerprint density at radius 1 is 1.31 bits per heavy atom. The molecule has 0 N–H and O–H groups in total. The maximum atomic E-state index is 13.3. The molecule has 176 valence electrons. The van der Waals surface area contributed by atoms with Crippen LogP contribution in [0.25, 0.3) is 0 Å². The van der Waals surface area contributed by atoms with E-state index in [1.54, 1.807) is 6.08 Å². The van der Waals surface area contributed by atoms with Gasteiger partial charge in [-0.1, -0.05) is 56.8 Å². The number of hydrogen-bond acceptors (Lipinski definition) is 7. The Kier molecular flexibility index (Phi) is 10.4. The molecule has 0 unspecified atom stereocenters. The van der Waals surface area contributed by atoms with Crippen molar-refractivity contribution in [1.29, 1.82) is 0 Å². The Hall–Kier alpha value is -2.68. The van der Waals surface area contributed by atoms with Crippen molar-refractivity contribution in [2.24, 2.45) is 5.92 Å². The van der Waals surface area contributed by atoms with E-state index >= 15 is 0 Å². The van der Waals surface area contributed by atoms with Crippen LogP contribution >= 0.6 is 0 Å². The highest BCUT2D eigenvalue weighted by molar-refractivity contribution is 5.96. The summed E-state index contributed by atoms with van der Waals surface area (Å²) in [6.07, 6.45) is -0.693. The third kappa shape index (κ3) is 7.47. The quantitative estimate of drug-likeness (QED) is 0.244. The summed E-state index contributed by atoms with van der Waals surface area (Å²) >= 11 is 0. The van der Waals surface area contributed by atoms with Crippen molar-refractivity contribution in [3.8, 4) is 0 Å². The molecule has 0 radical (unpaired) electrons. The lowest BCUT2D eigenvalue weighted by molar-refractivity contribution is -0.147. The van der Waals surface area contributed by atoms with E-state index in [0.29, 0.717) is 12.4 Å². The molecule has 1 aliphatic heterocycles. The lowest BCUT2D eigenvalue weighted by atomic mass is 10.0. The average Bonchev–Trinajstić information content (AvgIpc) is 3.18. The number of ether oxygens (including phenoxy) is 5. The first-order valence-corrected chi connectivity index (χ1v) is 10.6. The van der Waals surface area contributed by atoms with Crippen molar-refractivity contribution in [3.05, 3.63) is 60.9 Å². The highest BCUT2D eigenvalue weighted by Gasteiger charge is 2.43. The Balaban J connectivity index is 2.08. The van der Waals surface area contributed by atoms with Crippen molar-refractivity contribution < 1.29 is 33.3 Å². The Labute approximate surface area is 189 Å². The van der Waals surface area contributed by atoms with Crippen LogP contribution in [0.3, 0.4) is 0 Å². The molecule has 8 heteroatoms. The summed E-state index contributed by atoms with van der Waals surface area (Å²) in [6.45, 7) is 12.2. The van der Waals surface area contributed by atoms with Crippen LogP contribution in [0, 0.1) is 5.92 Å². The maximum absolute atomic E-state index is 13.3. The van der Waals surface area contributed by atoms with Crippen molar-refractivity contribution in [1.82, 2.24) is 4.90 Å². The SMILES string of the molecule is C=C[C@@H](COCc1ccccc1)O[C@H](CC(=C)OCOC)C(=O)N1C(=O)OC[C@@H]1C(C)C. The van der Waals surface area contributed by atoms with E-state index in [1.165, 1.54) is 7.11 Å². The van der Waals surface area contributed by atoms with Gasteiger partial charge in [-0.2, -0.15) is 0 Å². The second-order valence-electron chi connectivity index (χ2n) is 7.79. The molecule has 3 atom stereocenters. The third-order valence-corrected chi connectivity index (χ3v) is 4.98. The number of carbonyl (C=O) groups is 2. The molecule has 2 rings (SSSR count). The molecular formula is C24H33NO7. The fraction of sp³-hybridized carbons (Fsp3) is 0.500. The number of carbonyl (C=O) groups excluding carboxylic acids is 2. The second-order valence-corrected chi connectivity index (χ2v) is 7.79. The number of methoxy groups -OCH3 is 1. The van der Waals surface area contributed by atoms with E-state index in [1.807, 2.05) is 44.2 Å². The minimum absolute atomic E-state index is 0.00874. The van der Waals surface area contributed by atoms with Crippen LogP contribution in [0.5, 0.6) is 0 Å². The zero-order valence-electron chi connectivity index (χ0n) is 19.0. The summed E-state index contributed by atoms with van der Waals surface area (Å²) < 4.78 is 27.1. The molecule has 1 heterocycles. The normalized spacial score (nSPS) is 17.7. The number of nitrogens with zero attached hydrogens (tertiary/aromatic N) is 1. The van der Waals surface area contributed by atoms with Crippen LogP contribution in [0.4, 0.5) is 4.79 Å². The van der Waals surface area contributed by atoms with Gasteiger partial charge in [0.1, 0.15) is 12.7 Å². The standard InChI is InChI=1S/C24H33NO7/c1-6-20(14-29-13-19-10-8-7-9-11-19)32-22(12-18(4)31-16-28-5)23(26)25-21(17(2)3)15-30-24(25)27/h6-11,17,20-22H,1,4,12-16H2,2-3,5H3/t20-,21+,22+/m0/s1. The molecule has 2 amide bonds. The van der Waals surface area contributed by atoms with Gasteiger partial charge >= 0.3 is 6.09 Å². The molecule has 0 aromatic heterocycles. The van der Waals surface area contributed by atoms with Crippen LogP contribution in [0.15, 0.2) is 55.3 Å². The molecule has 1 aliphatic rings. The Morgan fingerprint density at radius 2 is 2.03 bits per heavy atom. The van der Waals surface area contributed by atoms with Crippen molar-refractivity contribution in [2.45, 2.75) is 45.1 Å². The van der Waals surface area contributed by atoms with E-state index in [4.69, 9.17) is 23.7 Å². The smallest absolute Gasteiger partial charge is 0.417 e. The number of amides is 2. The summed E-state index contributed by atoms with van der Waals surface area (Å²) in [7, 11) is 1.48. The molecule has 1 aromatic carbocycles. The molecule has 8 nitrogen and oxygen atoms in total. The fourth-order valence-corrected chi connectivity index (χ4v) is 3.18. The Morgan fingerprint density at radius 3 is 2.66 bits per heavy atom. The van der Waals surface area contributed by atoms with E-state index < -0.39 is 24.2 Å². The molecule has 0 saturated carbocycles. The zero-order chi connectivity index (χ0) is 23.5. The minimum Gasteiger partial charge on any atom is -0.472 e. The first-order valence-electron chi connectivity index (χ1n) is 10.6. The maximum Gasteiger partial charge on any atom is 0.417 e. The van der Waals surface area contributed by atoms with Gasteiger partial charge in [0.25, 0.3) is 5.91 Å². The predicted molar refractivity (Wildman–Crippen MR) is 118 cm³/mol. The van der Waals surface area contributed by atoms with Gasteiger partial charge in [-0.25, -0.2) is 9.69 Å². The first kappa shape index (κ1) is 25.6.